The molecule has 0 atom stereocenters. The highest BCUT2D eigenvalue weighted by Gasteiger charge is 2.40. The van der Waals surface area contributed by atoms with Crippen molar-refractivity contribution in [3.8, 4) is 5.75 Å². The van der Waals surface area contributed by atoms with E-state index < -0.39 is 12.1 Å². The number of halogens is 4. The van der Waals surface area contributed by atoms with Gasteiger partial charge < -0.3 is 4.74 Å². The lowest BCUT2D eigenvalue weighted by atomic mass is 9.96. The maximum absolute atomic E-state index is 12.5. The van der Waals surface area contributed by atoms with Gasteiger partial charge in [0.25, 0.3) is 0 Å². The Bertz CT molecular complexity index is 413. The fraction of sp³-hybridized carbons (Fsp3) is 0.571. The summed E-state index contributed by atoms with van der Waals surface area (Å²) in [5.74, 6) is -0.327. The Labute approximate surface area is 130 Å². The number of hydrogen-bond donors (Lipinski definition) is 0. The van der Waals surface area contributed by atoms with E-state index in [1.807, 2.05) is 29.2 Å². The Morgan fingerprint density at radius 1 is 1.15 bits per heavy atom. The van der Waals surface area contributed by atoms with Crippen LogP contribution in [0.2, 0.25) is 0 Å². The van der Waals surface area contributed by atoms with Crippen LogP contribution >= 0.6 is 22.6 Å². The zero-order chi connectivity index (χ0) is 14.6. The molecule has 1 aliphatic rings. The molecule has 0 saturated carbocycles. The van der Waals surface area contributed by atoms with Crippen LogP contribution in [0.3, 0.4) is 0 Å². The molecule has 0 amide bonds. The summed E-state index contributed by atoms with van der Waals surface area (Å²) < 4.78 is 44.3. The quantitative estimate of drug-likeness (QED) is 0.712. The van der Waals surface area contributed by atoms with Crippen LogP contribution in [0.1, 0.15) is 12.8 Å². The van der Waals surface area contributed by atoms with Gasteiger partial charge in [-0.2, -0.15) is 13.2 Å². The number of piperidine rings is 1. The molecule has 2 rings (SSSR count). The van der Waals surface area contributed by atoms with Gasteiger partial charge in [0.05, 0.1) is 5.92 Å². The van der Waals surface area contributed by atoms with Gasteiger partial charge in [0.15, 0.2) is 0 Å². The molecule has 0 spiro atoms. The largest absolute Gasteiger partial charge is 0.492 e. The summed E-state index contributed by atoms with van der Waals surface area (Å²) in [6, 6.07) is 7.73. The molecule has 2 nitrogen and oxygen atoms in total. The molecule has 0 aromatic heterocycles. The second kappa shape index (κ2) is 6.98. The molecule has 0 unspecified atom stereocenters. The number of ether oxygens (including phenoxy) is 1. The number of likely N-dealkylation sites (tertiary alicyclic amines) is 1. The average Bonchev–Trinajstić information content (AvgIpc) is 2.41. The Balaban J connectivity index is 1.67. The minimum atomic E-state index is -4.04. The molecule has 1 saturated heterocycles. The summed E-state index contributed by atoms with van der Waals surface area (Å²) in [6.45, 7) is 2.19. The Morgan fingerprint density at radius 2 is 1.75 bits per heavy atom. The number of benzene rings is 1. The summed E-state index contributed by atoms with van der Waals surface area (Å²) >= 11 is 2.22. The molecule has 6 heteroatoms. The average molecular weight is 399 g/mol. The highest BCUT2D eigenvalue weighted by molar-refractivity contribution is 14.1. The van der Waals surface area contributed by atoms with Crippen LogP contribution in [-0.4, -0.2) is 37.3 Å². The molecule has 112 valence electrons. The van der Waals surface area contributed by atoms with E-state index in [0.29, 0.717) is 26.2 Å². The Hall–Kier alpha value is -0.500. The predicted molar refractivity (Wildman–Crippen MR) is 79.9 cm³/mol. The van der Waals surface area contributed by atoms with E-state index in [9.17, 15) is 13.2 Å². The van der Waals surface area contributed by atoms with Gasteiger partial charge in [-0.3, -0.25) is 4.90 Å². The third kappa shape index (κ3) is 4.80. The first-order valence-electron chi connectivity index (χ1n) is 6.62. The van der Waals surface area contributed by atoms with Crippen molar-refractivity contribution in [2.75, 3.05) is 26.2 Å². The third-order valence-corrected chi connectivity index (χ3v) is 4.26. The minimum absolute atomic E-state index is 0.201. The molecule has 1 aromatic rings. The van der Waals surface area contributed by atoms with Gasteiger partial charge in [0.1, 0.15) is 12.4 Å². The lowest BCUT2D eigenvalue weighted by molar-refractivity contribution is -0.185. The standard InChI is InChI=1S/C14H17F3INO/c15-14(16,17)11-5-7-19(8-6-11)9-10-20-13-3-1-12(18)2-4-13/h1-4,11H,5-10H2. The van der Waals surface area contributed by atoms with Crippen molar-refractivity contribution in [1.29, 1.82) is 0 Å². The molecule has 1 fully saturated rings. The molecule has 1 aromatic carbocycles. The van der Waals surface area contributed by atoms with Crippen molar-refractivity contribution < 1.29 is 17.9 Å². The molecule has 1 heterocycles. The fourth-order valence-corrected chi connectivity index (χ4v) is 2.67. The van der Waals surface area contributed by atoms with Gasteiger partial charge in [-0.1, -0.05) is 0 Å². The molecule has 0 aliphatic carbocycles. The highest BCUT2D eigenvalue weighted by Crippen LogP contribution is 2.33. The smallest absolute Gasteiger partial charge is 0.391 e. The third-order valence-electron chi connectivity index (χ3n) is 3.54. The highest BCUT2D eigenvalue weighted by atomic mass is 127. The van der Waals surface area contributed by atoms with E-state index in [1.165, 1.54) is 0 Å². The van der Waals surface area contributed by atoms with E-state index >= 15 is 0 Å². The predicted octanol–water partition coefficient (Wildman–Crippen LogP) is 3.94. The fourth-order valence-electron chi connectivity index (χ4n) is 2.31. The maximum Gasteiger partial charge on any atom is 0.391 e. The Morgan fingerprint density at radius 3 is 2.30 bits per heavy atom. The second-order valence-corrected chi connectivity index (χ2v) is 6.21. The van der Waals surface area contributed by atoms with Gasteiger partial charge in [-0.25, -0.2) is 0 Å². The van der Waals surface area contributed by atoms with Crippen LogP contribution in [0.4, 0.5) is 13.2 Å². The topological polar surface area (TPSA) is 12.5 Å². The first-order valence-corrected chi connectivity index (χ1v) is 7.70. The Kier molecular flexibility index (Phi) is 5.54. The van der Waals surface area contributed by atoms with E-state index in [1.54, 1.807) is 0 Å². The van der Waals surface area contributed by atoms with Crippen molar-refractivity contribution in [3.05, 3.63) is 27.8 Å². The number of nitrogens with zero attached hydrogens (tertiary/aromatic N) is 1. The summed E-state index contributed by atoms with van der Waals surface area (Å²) in [5.41, 5.74) is 0. The van der Waals surface area contributed by atoms with Crippen molar-refractivity contribution in [3.63, 3.8) is 0 Å². The zero-order valence-corrected chi connectivity index (χ0v) is 13.2. The van der Waals surface area contributed by atoms with Crippen LogP contribution < -0.4 is 4.74 Å². The van der Waals surface area contributed by atoms with Crippen LogP contribution in [0.15, 0.2) is 24.3 Å². The van der Waals surface area contributed by atoms with E-state index in [2.05, 4.69) is 22.6 Å². The van der Waals surface area contributed by atoms with Gasteiger partial charge >= 0.3 is 6.18 Å². The number of hydrogen-bond acceptors (Lipinski definition) is 2. The minimum Gasteiger partial charge on any atom is -0.492 e. The van der Waals surface area contributed by atoms with Crippen molar-refractivity contribution in [2.45, 2.75) is 19.0 Å². The first-order chi connectivity index (χ1) is 9.45. The molecule has 1 aliphatic heterocycles. The van der Waals surface area contributed by atoms with Gasteiger partial charge in [-0.05, 0) is 72.8 Å². The molecular formula is C14H17F3INO. The van der Waals surface area contributed by atoms with Crippen molar-refractivity contribution in [2.24, 2.45) is 5.92 Å². The van der Waals surface area contributed by atoms with E-state index in [4.69, 9.17) is 4.74 Å². The van der Waals surface area contributed by atoms with Crippen molar-refractivity contribution in [1.82, 2.24) is 4.90 Å². The summed E-state index contributed by atoms with van der Waals surface area (Å²) in [4.78, 5) is 2.04. The first kappa shape index (κ1) is 15.9. The molecule has 0 N–H and O–H groups in total. The molecule has 0 radical (unpaired) electrons. The number of rotatable bonds is 4. The van der Waals surface area contributed by atoms with Gasteiger partial charge in [0.2, 0.25) is 0 Å². The normalized spacial score (nSPS) is 18.2. The van der Waals surface area contributed by atoms with Crippen molar-refractivity contribution >= 4 is 22.6 Å². The molecule has 0 bridgehead atoms. The van der Waals surface area contributed by atoms with Gasteiger partial charge in [-0.15, -0.1) is 0 Å². The summed E-state index contributed by atoms with van der Waals surface area (Å²) in [7, 11) is 0. The maximum atomic E-state index is 12.5. The monoisotopic (exact) mass is 399 g/mol. The lowest BCUT2D eigenvalue weighted by Crippen LogP contribution is -2.40. The van der Waals surface area contributed by atoms with Crippen LogP contribution in [0.25, 0.3) is 0 Å². The van der Waals surface area contributed by atoms with E-state index in [0.717, 1.165) is 9.32 Å². The lowest BCUT2D eigenvalue weighted by Gasteiger charge is -2.32. The zero-order valence-electron chi connectivity index (χ0n) is 11.0. The summed E-state index contributed by atoms with van der Waals surface area (Å²) in [5, 5.41) is 0. The van der Waals surface area contributed by atoms with Crippen LogP contribution in [0, 0.1) is 9.49 Å². The molecule has 20 heavy (non-hydrogen) atoms. The van der Waals surface area contributed by atoms with Crippen LogP contribution in [-0.2, 0) is 0 Å². The number of alkyl halides is 3. The SMILES string of the molecule is FC(F)(F)C1CCN(CCOc2ccc(I)cc2)CC1. The van der Waals surface area contributed by atoms with Gasteiger partial charge in [0, 0.05) is 10.1 Å². The second-order valence-electron chi connectivity index (χ2n) is 4.96. The van der Waals surface area contributed by atoms with Crippen LogP contribution in [0.5, 0.6) is 5.75 Å². The summed E-state index contributed by atoms with van der Waals surface area (Å²) in [6.07, 6.45) is -3.64. The van der Waals surface area contributed by atoms with E-state index in [-0.39, 0.29) is 12.8 Å². The molecular weight excluding hydrogens is 382 g/mol.